The lowest BCUT2D eigenvalue weighted by Crippen LogP contribution is -2.34. The highest BCUT2D eigenvalue weighted by Gasteiger charge is 2.28. The van der Waals surface area contributed by atoms with E-state index in [4.69, 9.17) is 4.74 Å². The smallest absolute Gasteiger partial charge is 0.258 e. The molecular formula is C14H14N4O3. The summed E-state index contributed by atoms with van der Waals surface area (Å²) in [4.78, 5) is 22.8. The lowest BCUT2D eigenvalue weighted by atomic mass is 10.1. The van der Waals surface area contributed by atoms with Crippen LogP contribution in [0.15, 0.2) is 40.5 Å². The Labute approximate surface area is 121 Å². The standard InChI is InChI=1S/C14H14N4O3/c1-21-12-7-3-2-5-10(12)6-4-8-15-17-13(19)11-9-16-18-14(11)20/h2-9,11H,1H3,(H,17,19)(H,18,20). The van der Waals surface area contributed by atoms with E-state index in [9.17, 15) is 9.59 Å². The maximum atomic E-state index is 11.6. The second kappa shape index (κ2) is 6.99. The van der Waals surface area contributed by atoms with Crippen LogP contribution in [0.1, 0.15) is 5.56 Å². The van der Waals surface area contributed by atoms with Gasteiger partial charge in [-0.1, -0.05) is 18.2 Å². The molecule has 1 aliphatic rings. The number of hydrogen-bond donors (Lipinski definition) is 2. The largest absolute Gasteiger partial charge is 0.496 e. The zero-order valence-corrected chi connectivity index (χ0v) is 11.3. The van der Waals surface area contributed by atoms with E-state index < -0.39 is 17.7 Å². The van der Waals surface area contributed by atoms with Crippen molar-refractivity contribution in [2.45, 2.75) is 0 Å². The van der Waals surface area contributed by atoms with E-state index in [0.717, 1.165) is 11.3 Å². The van der Waals surface area contributed by atoms with Gasteiger partial charge < -0.3 is 4.74 Å². The van der Waals surface area contributed by atoms with E-state index >= 15 is 0 Å². The van der Waals surface area contributed by atoms with Crippen LogP contribution in [0.25, 0.3) is 6.08 Å². The van der Waals surface area contributed by atoms with Gasteiger partial charge in [0.25, 0.3) is 11.8 Å². The first-order valence-electron chi connectivity index (χ1n) is 6.18. The summed E-state index contributed by atoms with van der Waals surface area (Å²) in [6.07, 6.45) is 6.09. The molecule has 1 atom stereocenters. The maximum absolute atomic E-state index is 11.6. The number of para-hydroxylation sites is 1. The lowest BCUT2D eigenvalue weighted by Gasteiger charge is -2.02. The summed E-state index contributed by atoms with van der Waals surface area (Å²) < 4.78 is 5.20. The molecule has 0 bridgehead atoms. The van der Waals surface area contributed by atoms with Crippen molar-refractivity contribution in [3.8, 4) is 5.75 Å². The van der Waals surface area contributed by atoms with E-state index in [2.05, 4.69) is 21.1 Å². The fraction of sp³-hybridized carbons (Fsp3) is 0.143. The predicted octanol–water partition coefficient (Wildman–Crippen LogP) is 0.542. The first-order chi connectivity index (χ1) is 10.2. The summed E-state index contributed by atoms with van der Waals surface area (Å²) in [5, 5.41) is 7.23. The Morgan fingerprint density at radius 2 is 2.29 bits per heavy atom. The number of carbonyl (C=O) groups is 2. The third kappa shape index (κ3) is 3.75. The summed E-state index contributed by atoms with van der Waals surface area (Å²) in [6, 6.07) is 7.50. The van der Waals surface area contributed by atoms with Crippen LogP contribution >= 0.6 is 0 Å². The van der Waals surface area contributed by atoms with Crippen LogP contribution in [0.2, 0.25) is 0 Å². The number of hydrogen-bond acceptors (Lipinski definition) is 5. The van der Waals surface area contributed by atoms with Gasteiger partial charge in [-0.05, 0) is 18.2 Å². The normalized spacial score (nSPS) is 17.4. The van der Waals surface area contributed by atoms with Crippen LogP contribution in [0.5, 0.6) is 5.75 Å². The SMILES string of the molecule is COc1ccccc1C=CC=NNC(=O)C1C=NNC1=O. The number of nitrogens with one attached hydrogen (secondary N) is 2. The molecule has 0 saturated carbocycles. The number of rotatable bonds is 5. The third-order valence-corrected chi connectivity index (χ3v) is 2.71. The highest BCUT2D eigenvalue weighted by atomic mass is 16.5. The number of methoxy groups -OCH3 is 1. The fourth-order valence-electron chi connectivity index (χ4n) is 1.66. The van der Waals surface area contributed by atoms with Crippen LogP contribution in [-0.4, -0.2) is 31.4 Å². The van der Waals surface area contributed by atoms with Gasteiger partial charge in [0.2, 0.25) is 0 Å². The van der Waals surface area contributed by atoms with Crippen LogP contribution in [0.4, 0.5) is 0 Å². The van der Waals surface area contributed by atoms with Gasteiger partial charge in [-0.3, -0.25) is 9.59 Å². The number of benzene rings is 1. The first-order valence-corrected chi connectivity index (χ1v) is 6.18. The molecule has 1 unspecified atom stereocenters. The number of allylic oxidation sites excluding steroid dienone is 1. The summed E-state index contributed by atoms with van der Waals surface area (Å²) >= 11 is 0. The van der Waals surface area contributed by atoms with E-state index in [-0.39, 0.29) is 0 Å². The Kier molecular flexibility index (Phi) is 4.81. The summed E-state index contributed by atoms with van der Waals surface area (Å²) in [6.45, 7) is 0. The number of ether oxygens (including phenoxy) is 1. The highest BCUT2D eigenvalue weighted by Crippen LogP contribution is 2.18. The Morgan fingerprint density at radius 3 is 3.00 bits per heavy atom. The van der Waals surface area contributed by atoms with Gasteiger partial charge >= 0.3 is 0 Å². The average Bonchev–Trinajstić information content (AvgIpc) is 2.93. The molecule has 7 nitrogen and oxygen atoms in total. The van der Waals surface area contributed by atoms with Crippen LogP contribution in [0.3, 0.4) is 0 Å². The molecule has 21 heavy (non-hydrogen) atoms. The highest BCUT2D eigenvalue weighted by molar-refractivity contribution is 6.15. The second-order valence-electron chi connectivity index (χ2n) is 4.09. The fourth-order valence-corrected chi connectivity index (χ4v) is 1.66. The molecule has 0 aromatic heterocycles. The molecule has 2 rings (SSSR count). The van der Waals surface area contributed by atoms with Gasteiger partial charge in [-0.2, -0.15) is 10.2 Å². The Bertz CT molecular complexity index is 622. The van der Waals surface area contributed by atoms with Crippen LogP contribution < -0.4 is 15.6 Å². The molecule has 0 saturated heterocycles. The summed E-state index contributed by atoms with van der Waals surface area (Å²) in [5.41, 5.74) is 5.33. The molecule has 1 aliphatic heterocycles. The predicted molar refractivity (Wildman–Crippen MR) is 78.8 cm³/mol. The van der Waals surface area contributed by atoms with Crippen molar-refractivity contribution in [1.29, 1.82) is 0 Å². The van der Waals surface area contributed by atoms with Gasteiger partial charge in [0, 0.05) is 18.0 Å². The third-order valence-electron chi connectivity index (χ3n) is 2.71. The van der Waals surface area contributed by atoms with Crippen molar-refractivity contribution in [1.82, 2.24) is 10.9 Å². The monoisotopic (exact) mass is 286 g/mol. The summed E-state index contributed by atoms with van der Waals surface area (Å²) in [5.74, 6) is -1.19. The van der Waals surface area contributed by atoms with Crippen molar-refractivity contribution in [3.63, 3.8) is 0 Å². The van der Waals surface area contributed by atoms with Gasteiger partial charge in [0.1, 0.15) is 5.75 Å². The maximum Gasteiger partial charge on any atom is 0.258 e. The molecule has 108 valence electrons. The van der Waals surface area contributed by atoms with Crippen LogP contribution in [-0.2, 0) is 9.59 Å². The molecule has 2 N–H and O–H groups in total. The van der Waals surface area contributed by atoms with Gasteiger partial charge in [0.05, 0.1) is 7.11 Å². The van der Waals surface area contributed by atoms with Gasteiger partial charge in [-0.25, -0.2) is 10.9 Å². The molecular weight excluding hydrogens is 272 g/mol. The lowest BCUT2D eigenvalue weighted by molar-refractivity contribution is -0.131. The molecule has 0 radical (unpaired) electrons. The van der Waals surface area contributed by atoms with Gasteiger partial charge in [-0.15, -0.1) is 0 Å². The van der Waals surface area contributed by atoms with Crippen molar-refractivity contribution in [2.75, 3.05) is 7.11 Å². The second-order valence-corrected chi connectivity index (χ2v) is 4.09. The molecule has 0 fully saturated rings. The van der Waals surface area contributed by atoms with E-state index in [1.165, 1.54) is 12.4 Å². The molecule has 2 amide bonds. The Hall–Kier alpha value is -2.96. The molecule has 7 heteroatoms. The average molecular weight is 286 g/mol. The van der Waals surface area contributed by atoms with Crippen molar-refractivity contribution < 1.29 is 14.3 Å². The molecule has 1 aromatic rings. The van der Waals surface area contributed by atoms with Gasteiger partial charge in [0.15, 0.2) is 5.92 Å². The number of hydrazone groups is 2. The minimum absolute atomic E-state index is 0.465. The summed E-state index contributed by atoms with van der Waals surface area (Å²) in [7, 11) is 1.59. The molecule has 1 heterocycles. The van der Waals surface area contributed by atoms with Crippen LogP contribution in [0, 0.1) is 5.92 Å². The quantitative estimate of drug-likeness (QED) is 0.470. The zero-order chi connectivity index (χ0) is 15.1. The first kappa shape index (κ1) is 14.4. The van der Waals surface area contributed by atoms with Crippen molar-refractivity contribution in [3.05, 3.63) is 35.9 Å². The minimum atomic E-state index is -0.930. The molecule has 0 spiro atoms. The number of carbonyl (C=O) groups excluding carboxylic acids is 2. The molecule has 0 aliphatic carbocycles. The number of nitrogens with zero attached hydrogens (tertiary/aromatic N) is 2. The number of amides is 2. The van der Waals surface area contributed by atoms with E-state index in [0.29, 0.717) is 0 Å². The Balaban J connectivity index is 1.88. The zero-order valence-electron chi connectivity index (χ0n) is 11.3. The Morgan fingerprint density at radius 1 is 1.48 bits per heavy atom. The van der Waals surface area contributed by atoms with Crippen molar-refractivity contribution in [2.24, 2.45) is 16.1 Å². The van der Waals surface area contributed by atoms with Crippen molar-refractivity contribution >= 4 is 30.3 Å². The minimum Gasteiger partial charge on any atom is -0.496 e. The molecule has 1 aromatic carbocycles. The van der Waals surface area contributed by atoms with E-state index in [1.54, 1.807) is 19.3 Å². The topological polar surface area (TPSA) is 92.2 Å². The van der Waals surface area contributed by atoms with E-state index in [1.807, 2.05) is 24.3 Å².